The summed E-state index contributed by atoms with van der Waals surface area (Å²) >= 11 is 6.16. The second-order valence-electron chi connectivity index (χ2n) is 7.73. The molecule has 1 N–H and O–H groups in total. The molecule has 4 heterocycles. The van der Waals surface area contributed by atoms with Crippen LogP contribution in [0.25, 0.3) is 16.6 Å². The lowest BCUT2D eigenvalue weighted by atomic mass is 10.1. The predicted octanol–water partition coefficient (Wildman–Crippen LogP) is 3.52. The number of hydrogen-bond donors (Lipinski definition) is 1. The van der Waals surface area contributed by atoms with Crippen LogP contribution in [0.4, 0.5) is 0 Å². The number of aryl methyl sites for hydroxylation is 1. The van der Waals surface area contributed by atoms with E-state index in [4.69, 9.17) is 11.6 Å². The van der Waals surface area contributed by atoms with Crippen LogP contribution in [0.1, 0.15) is 28.7 Å². The lowest BCUT2D eigenvalue weighted by Gasteiger charge is -2.35. The maximum Gasteiger partial charge on any atom is 0.275 e. The number of aromatic nitrogens is 4. The first-order chi connectivity index (χ1) is 14.4. The maximum absolute atomic E-state index is 13.3. The van der Waals surface area contributed by atoms with Crippen molar-refractivity contribution >= 4 is 28.4 Å². The van der Waals surface area contributed by atoms with Gasteiger partial charge in [0.2, 0.25) is 0 Å². The van der Waals surface area contributed by atoms with Crippen LogP contribution in [0.5, 0.6) is 0 Å². The van der Waals surface area contributed by atoms with Gasteiger partial charge >= 0.3 is 0 Å². The highest BCUT2D eigenvalue weighted by Gasteiger charge is 2.31. The van der Waals surface area contributed by atoms with E-state index in [-0.39, 0.29) is 17.5 Å². The molecular weight excluding hydrogens is 402 g/mol. The van der Waals surface area contributed by atoms with Gasteiger partial charge in [-0.3, -0.25) is 9.59 Å². The summed E-state index contributed by atoms with van der Waals surface area (Å²) in [6.45, 7) is 4.71. The van der Waals surface area contributed by atoms with Crippen LogP contribution in [0.3, 0.4) is 0 Å². The summed E-state index contributed by atoms with van der Waals surface area (Å²) in [5, 5.41) is 1.65. The number of imidazole rings is 1. The number of amides is 1. The molecule has 0 bridgehead atoms. The first kappa shape index (κ1) is 18.7. The van der Waals surface area contributed by atoms with Crippen LogP contribution >= 0.6 is 11.6 Å². The topological polar surface area (TPSA) is 75.9 Å². The minimum Gasteiger partial charge on any atom is -0.361 e. The number of nitrogens with one attached hydrogen (secondary N) is 1. The van der Waals surface area contributed by atoms with E-state index in [1.807, 2.05) is 38.2 Å². The minimum atomic E-state index is -0.191. The Balaban J connectivity index is 1.51. The normalized spacial score (nSPS) is 16.3. The van der Waals surface area contributed by atoms with Crippen molar-refractivity contribution in [2.24, 2.45) is 0 Å². The highest BCUT2D eigenvalue weighted by Crippen LogP contribution is 2.26. The molecule has 8 heteroatoms. The quantitative estimate of drug-likeness (QED) is 0.550. The van der Waals surface area contributed by atoms with E-state index in [1.165, 1.54) is 0 Å². The third kappa shape index (κ3) is 2.93. The molecule has 1 amide bonds. The summed E-state index contributed by atoms with van der Waals surface area (Å²) < 4.78 is 3.27. The summed E-state index contributed by atoms with van der Waals surface area (Å²) in [7, 11) is 0. The van der Waals surface area contributed by atoms with E-state index in [1.54, 1.807) is 38.7 Å². The van der Waals surface area contributed by atoms with E-state index in [2.05, 4.69) is 9.97 Å². The highest BCUT2D eigenvalue weighted by molar-refractivity contribution is 6.31. The standard InChI is InChI=1S/C22H20ClN5O2/c1-13-9-26(12-25-13)19-5-6-20-22(30)27(14(2)10-28(20)21(19)29)11-15-8-24-18-4-3-16(23)7-17(15)18/h3-9,12,14,24H,10-11H2,1-2H3/t14-/m1/s1. The van der Waals surface area contributed by atoms with Gasteiger partial charge in [-0.15, -0.1) is 0 Å². The van der Waals surface area contributed by atoms with Crippen LogP contribution in [-0.4, -0.2) is 36.0 Å². The molecule has 1 aliphatic heterocycles. The average molecular weight is 422 g/mol. The zero-order valence-electron chi connectivity index (χ0n) is 16.6. The number of aromatic amines is 1. The molecule has 0 saturated heterocycles. The molecule has 3 aromatic heterocycles. The van der Waals surface area contributed by atoms with E-state index in [9.17, 15) is 9.59 Å². The SMILES string of the molecule is Cc1cn(-c2ccc3n(c2=O)C[C@@H](C)N(Cc2c[nH]c4ccc(Cl)cc24)C3=O)cn1. The number of rotatable bonds is 3. The molecule has 1 aromatic carbocycles. The van der Waals surface area contributed by atoms with E-state index in [0.717, 1.165) is 22.2 Å². The second-order valence-corrected chi connectivity index (χ2v) is 8.16. The molecule has 5 rings (SSSR count). The van der Waals surface area contributed by atoms with Gasteiger partial charge in [0.25, 0.3) is 11.5 Å². The number of carbonyl (C=O) groups is 1. The lowest BCUT2D eigenvalue weighted by molar-refractivity contribution is 0.0591. The Labute approximate surface area is 177 Å². The Hall–Kier alpha value is -3.32. The summed E-state index contributed by atoms with van der Waals surface area (Å²) in [6, 6.07) is 8.94. The van der Waals surface area contributed by atoms with Crippen molar-refractivity contribution in [1.29, 1.82) is 0 Å². The minimum absolute atomic E-state index is 0.133. The van der Waals surface area contributed by atoms with Crippen LogP contribution in [0, 0.1) is 6.92 Å². The monoisotopic (exact) mass is 421 g/mol. The number of H-pyrrole nitrogens is 1. The molecule has 4 aromatic rings. The van der Waals surface area contributed by atoms with Crippen molar-refractivity contribution < 1.29 is 4.79 Å². The van der Waals surface area contributed by atoms with Crippen molar-refractivity contribution in [1.82, 2.24) is 24.0 Å². The molecule has 0 unspecified atom stereocenters. The van der Waals surface area contributed by atoms with Crippen LogP contribution < -0.4 is 5.56 Å². The molecule has 0 saturated carbocycles. The molecule has 0 spiro atoms. The van der Waals surface area contributed by atoms with Crippen molar-refractivity contribution in [3.8, 4) is 5.69 Å². The Kier molecular flexibility index (Phi) is 4.29. The zero-order valence-corrected chi connectivity index (χ0v) is 17.3. The number of pyridine rings is 1. The summed E-state index contributed by atoms with van der Waals surface area (Å²) in [5.41, 5.74) is 3.49. The number of halogens is 1. The Morgan fingerprint density at radius 3 is 2.83 bits per heavy atom. The van der Waals surface area contributed by atoms with Gasteiger partial charge in [-0.2, -0.15) is 0 Å². The van der Waals surface area contributed by atoms with Gasteiger partial charge in [-0.25, -0.2) is 4.98 Å². The summed E-state index contributed by atoms with van der Waals surface area (Å²) in [6.07, 6.45) is 5.32. The van der Waals surface area contributed by atoms with Gasteiger partial charge < -0.3 is 19.0 Å². The average Bonchev–Trinajstić information content (AvgIpc) is 3.32. The summed E-state index contributed by atoms with van der Waals surface area (Å²) in [5.74, 6) is -0.157. The van der Waals surface area contributed by atoms with E-state index in [0.29, 0.717) is 29.5 Å². The van der Waals surface area contributed by atoms with Gasteiger partial charge in [0, 0.05) is 47.5 Å². The first-order valence-corrected chi connectivity index (χ1v) is 10.1. The van der Waals surface area contributed by atoms with Crippen LogP contribution in [0.2, 0.25) is 5.02 Å². The summed E-state index contributed by atoms with van der Waals surface area (Å²) in [4.78, 5) is 35.6. The van der Waals surface area contributed by atoms with Crippen molar-refractivity contribution in [3.63, 3.8) is 0 Å². The second kappa shape index (κ2) is 6.88. The smallest absolute Gasteiger partial charge is 0.275 e. The number of fused-ring (bicyclic) bond motifs is 2. The van der Waals surface area contributed by atoms with E-state index < -0.39 is 0 Å². The van der Waals surface area contributed by atoms with Crippen LogP contribution in [0.15, 0.2) is 53.8 Å². The maximum atomic E-state index is 13.3. The number of benzene rings is 1. The number of hydrogen-bond acceptors (Lipinski definition) is 3. The molecule has 7 nitrogen and oxygen atoms in total. The fourth-order valence-electron chi connectivity index (χ4n) is 4.09. The van der Waals surface area contributed by atoms with Crippen LogP contribution in [-0.2, 0) is 13.1 Å². The van der Waals surface area contributed by atoms with Gasteiger partial charge in [0.1, 0.15) is 11.4 Å². The molecule has 0 aliphatic carbocycles. The van der Waals surface area contributed by atoms with Crippen molar-refractivity contribution in [2.45, 2.75) is 33.0 Å². The fraction of sp³-hybridized carbons (Fsp3) is 0.227. The van der Waals surface area contributed by atoms with E-state index >= 15 is 0 Å². The van der Waals surface area contributed by atoms with Crippen molar-refractivity contribution in [2.75, 3.05) is 0 Å². The van der Waals surface area contributed by atoms with Gasteiger partial charge in [0.05, 0.1) is 12.0 Å². The highest BCUT2D eigenvalue weighted by atomic mass is 35.5. The largest absolute Gasteiger partial charge is 0.361 e. The molecule has 152 valence electrons. The van der Waals surface area contributed by atoms with Gasteiger partial charge in [0.15, 0.2) is 0 Å². The molecule has 1 atom stereocenters. The molecule has 0 fully saturated rings. The third-order valence-corrected chi connectivity index (χ3v) is 5.91. The van der Waals surface area contributed by atoms with Gasteiger partial charge in [-0.05, 0) is 49.7 Å². The van der Waals surface area contributed by atoms with Crippen molar-refractivity contribution in [3.05, 3.63) is 81.4 Å². The van der Waals surface area contributed by atoms with Gasteiger partial charge in [-0.1, -0.05) is 11.6 Å². The molecule has 0 radical (unpaired) electrons. The molecule has 30 heavy (non-hydrogen) atoms. The number of carbonyl (C=O) groups excluding carboxylic acids is 1. The Bertz CT molecular complexity index is 1350. The fourth-order valence-corrected chi connectivity index (χ4v) is 4.26. The molecular formula is C22H20ClN5O2. The predicted molar refractivity (Wildman–Crippen MR) is 115 cm³/mol. The molecule has 1 aliphatic rings. The first-order valence-electron chi connectivity index (χ1n) is 9.73. The Morgan fingerprint density at radius 2 is 2.07 bits per heavy atom. The zero-order chi connectivity index (χ0) is 21.0. The third-order valence-electron chi connectivity index (χ3n) is 5.67. The number of nitrogens with zero attached hydrogens (tertiary/aromatic N) is 4. The lowest BCUT2D eigenvalue weighted by Crippen LogP contribution is -2.49. The Morgan fingerprint density at radius 1 is 1.23 bits per heavy atom.